The average molecular weight is 486 g/mol. The summed E-state index contributed by atoms with van der Waals surface area (Å²) in [5.41, 5.74) is 1.59. The standard InChI is InChI=1S/C24H27N3O4S2/c28-23-21-10-3-4-11-22(21)25-24(27(23)19-7-1-2-8-19)32-17-18-6-5-9-20(16-18)33(29,30)26-12-14-31-15-13-26/h3-6,9-11,16,19H,1-2,7-8,12-15,17H2. The molecule has 174 valence electrons. The summed E-state index contributed by atoms with van der Waals surface area (Å²) in [7, 11) is -3.55. The number of thioether (sulfide) groups is 1. The minimum Gasteiger partial charge on any atom is -0.379 e. The van der Waals surface area contributed by atoms with E-state index < -0.39 is 10.0 Å². The van der Waals surface area contributed by atoms with E-state index in [0.29, 0.717) is 53.0 Å². The van der Waals surface area contributed by atoms with Crippen LogP contribution in [0.1, 0.15) is 37.3 Å². The molecule has 1 aliphatic carbocycles. The Hall–Kier alpha value is -2.20. The fourth-order valence-electron chi connectivity index (χ4n) is 4.59. The molecule has 0 spiro atoms. The third-order valence-corrected chi connectivity index (χ3v) is 9.26. The Kier molecular flexibility index (Phi) is 6.56. The van der Waals surface area contributed by atoms with Crippen molar-refractivity contribution in [3.8, 4) is 0 Å². The first kappa shape index (κ1) is 22.6. The van der Waals surface area contributed by atoms with E-state index in [2.05, 4.69) is 0 Å². The van der Waals surface area contributed by atoms with Crippen molar-refractivity contribution in [2.24, 2.45) is 0 Å². The Labute approximate surface area is 197 Å². The molecule has 1 aliphatic heterocycles. The van der Waals surface area contributed by atoms with Gasteiger partial charge in [-0.05, 0) is 42.7 Å². The Morgan fingerprint density at radius 1 is 1.03 bits per heavy atom. The minimum absolute atomic E-state index is 0.0126. The molecule has 33 heavy (non-hydrogen) atoms. The molecule has 3 aromatic rings. The number of aromatic nitrogens is 2. The average Bonchev–Trinajstić information content (AvgIpc) is 3.38. The van der Waals surface area contributed by atoms with Gasteiger partial charge in [0.05, 0.1) is 29.0 Å². The zero-order valence-electron chi connectivity index (χ0n) is 18.4. The van der Waals surface area contributed by atoms with Gasteiger partial charge >= 0.3 is 0 Å². The SMILES string of the molecule is O=c1c2ccccc2nc(SCc2cccc(S(=O)(=O)N3CCOCC3)c2)n1C1CCCC1. The molecule has 0 radical (unpaired) electrons. The molecule has 2 aromatic carbocycles. The topological polar surface area (TPSA) is 81.5 Å². The van der Waals surface area contributed by atoms with Crippen LogP contribution >= 0.6 is 11.8 Å². The zero-order chi connectivity index (χ0) is 22.8. The molecule has 2 fully saturated rings. The maximum absolute atomic E-state index is 13.3. The maximum atomic E-state index is 13.3. The molecule has 1 aromatic heterocycles. The number of sulfonamides is 1. The van der Waals surface area contributed by atoms with Crippen LogP contribution in [0.2, 0.25) is 0 Å². The molecule has 7 nitrogen and oxygen atoms in total. The monoisotopic (exact) mass is 485 g/mol. The number of morpholine rings is 1. The third-order valence-electron chi connectivity index (χ3n) is 6.34. The summed E-state index contributed by atoms with van der Waals surface area (Å²) in [6.45, 7) is 1.58. The van der Waals surface area contributed by atoms with Crippen LogP contribution in [0.3, 0.4) is 0 Å². The van der Waals surface area contributed by atoms with Gasteiger partial charge in [-0.25, -0.2) is 13.4 Å². The lowest BCUT2D eigenvalue weighted by atomic mass is 10.2. The number of ether oxygens (including phenoxy) is 1. The lowest BCUT2D eigenvalue weighted by Crippen LogP contribution is -2.40. The van der Waals surface area contributed by atoms with Crippen LogP contribution in [0.25, 0.3) is 10.9 Å². The summed E-state index contributed by atoms with van der Waals surface area (Å²) in [5.74, 6) is 0.532. The van der Waals surface area contributed by atoms with E-state index in [0.717, 1.165) is 31.2 Å². The molecular formula is C24H27N3O4S2. The normalized spacial score (nSPS) is 18.2. The summed E-state index contributed by atoms with van der Waals surface area (Å²) < 4.78 is 34.7. The molecule has 0 unspecified atom stereocenters. The second-order valence-corrected chi connectivity index (χ2v) is 11.4. The molecule has 5 rings (SSSR count). The summed E-state index contributed by atoms with van der Waals surface area (Å²) in [5, 5.41) is 1.35. The molecule has 1 saturated carbocycles. The molecule has 0 amide bonds. The molecule has 0 atom stereocenters. The first-order valence-electron chi connectivity index (χ1n) is 11.3. The fraction of sp³-hybridized carbons (Fsp3) is 0.417. The van der Waals surface area contributed by atoms with Gasteiger partial charge in [0.15, 0.2) is 5.16 Å². The van der Waals surface area contributed by atoms with Crippen LogP contribution in [0.5, 0.6) is 0 Å². The van der Waals surface area contributed by atoms with Crippen molar-refractivity contribution in [2.45, 2.75) is 47.5 Å². The van der Waals surface area contributed by atoms with E-state index in [4.69, 9.17) is 9.72 Å². The number of fused-ring (bicyclic) bond motifs is 1. The van der Waals surface area contributed by atoms with Gasteiger partial charge in [0, 0.05) is 24.9 Å². The van der Waals surface area contributed by atoms with Crippen LogP contribution in [0, 0.1) is 0 Å². The van der Waals surface area contributed by atoms with Crippen molar-refractivity contribution in [1.29, 1.82) is 0 Å². The molecule has 2 aliphatic rings. The largest absolute Gasteiger partial charge is 0.379 e. The van der Waals surface area contributed by atoms with Gasteiger partial charge in [0.25, 0.3) is 5.56 Å². The molecule has 9 heteroatoms. The highest BCUT2D eigenvalue weighted by Crippen LogP contribution is 2.33. The van der Waals surface area contributed by atoms with E-state index >= 15 is 0 Å². The zero-order valence-corrected chi connectivity index (χ0v) is 20.0. The van der Waals surface area contributed by atoms with Gasteiger partial charge in [0.1, 0.15) is 0 Å². The van der Waals surface area contributed by atoms with Crippen LogP contribution in [-0.4, -0.2) is 48.6 Å². The highest BCUT2D eigenvalue weighted by Gasteiger charge is 2.27. The lowest BCUT2D eigenvalue weighted by Gasteiger charge is -2.26. The molecule has 0 bridgehead atoms. The van der Waals surface area contributed by atoms with E-state index in [9.17, 15) is 13.2 Å². The van der Waals surface area contributed by atoms with E-state index in [-0.39, 0.29) is 11.6 Å². The number of hydrogen-bond acceptors (Lipinski definition) is 6. The van der Waals surface area contributed by atoms with Crippen LogP contribution in [0.4, 0.5) is 0 Å². The number of hydrogen-bond donors (Lipinski definition) is 0. The van der Waals surface area contributed by atoms with Crippen LogP contribution in [-0.2, 0) is 20.5 Å². The Balaban J connectivity index is 1.44. The summed E-state index contributed by atoms with van der Waals surface area (Å²) in [4.78, 5) is 18.4. The number of nitrogens with zero attached hydrogens (tertiary/aromatic N) is 3. The predicted molar refractivity (Wildman–Crippen MR) is 129 cm³/mol. The highest BCUT2D eigenvalue weighted by atomic mass is 32.2. The van der Waals surface area contributed by atoms with Crippen molar-refractivity contribution in [3.63, 3.8) is 0 Å². The first-order valence-corrected chi connectivity index (χ1v) is 13.8. The third kappa shape index (κ3) is 4.59. The molecular weight excluding hydrogens is 458 g/mol. The number of rotatable bonds is 6. The second-order valence-electron chi connectivity index (χ2n) is 8.48. The predicted octanol–water partition coefficient (Wildman–Crippen LogP) is 3.82. The van der Waals surface area contributed by atoms with Crippen molar-refractivity contribution in [3.05, 3.63) is 64.4 Å². The van der Waals surface area contributed by atoms with Crippen molar-refractivity contribution in [2.75, 3.05) is 26.3 Å². The molecule has 2 heterocycles. The van der Waals surface area contributed by atoms with Gasteiger partial charge in [-0.3, -0.25) is 9.36 Å². The van der Waals surface area contributed by atoms with E-state index in [1.807, 2.05) is 34.9 Å². The first-order chi connectivity index (χ1) is 16.0. The summed E-state index contributed by atoms with van der Waals surface area (Å²) >= 11 is 1.49. The van der Waals surface area contributed by atoms with E-state index in [1.54, 1.807) is 18.2 Å². The Morgan fingerprint density at radius 2 is 1.79 bits per heavy atom. The highest BCUT2D eigenvalue weighted by molar-refractivity contribution is 7.98. The van der Waals surface area contributed by atoms with Crippen molar-refractivity contribution < 1.29 is 13.2 Å². The maximum Gasteiger partial charge on any atom is 0.262 e. The molecule has 0 N–H and O–H groups in total. The van der Waals surface area contributed by atoms with Crippen molar-refractivity contribution in [1.82, 2.24) is 13.9 Å². The number of para-hydroxylation sites is 1. The second kappa shape index (κ2) is 9.58. The lowest BCUT2D eigenvalue weighted by molar-refractivity contribution is 0.0730. The summed E-state index contributed by atoms with van der Waals surface area (Å²) in [6.07, 6.45) is 4.21. The van der Waals surface area contributed by atoms with Gasteiger partial charge in [-0.15, -0.1) is 0 Å². The quantitative estimate of drug-likeness (QED) is 0.390. The van der Waals surface area contributed by atoms with Gasteiger partial charge in [-0.2, -0.15) is 4.31 Å². The molecule has 1 saturated heterocycles. The Morgan fingerprint density at radius 3 is 2.58 bits per heavy atom. The minimum atomic E-state index is -3.55. The van der Waals surface area contributed by atoms with Gasteiger partial charge in [-0.1, -0.05) is 48.9 Å². The van der Waals surface area contributed by atoms with Gasteiger partial charge < -0.3 is 4.74 Å². The van der Waals surface area contributed by atoms with Crippen LogP contribution in [0.15, 0.2) is 63.4 Å². The summed E-state index contributed by atoms with van der Waals surface area (Å²) in [6, 6.07) is 14.7. The van der Waals surface area contributed by atoms with Crippen LogP contribution < -0.4 is 5.56 Å². The van der Waals surface area contributed by atoms with Crippen molar-refractivity contribution >= 4 is 32.7 Å². The Bertz CT molecular complexity index is 1310. The smallest absolute Gasteiger partial charge is 0.262 e. The van der Waals surface area contributed by atoms with E-state index in [1.165, 1.54) is 16.1 Å². The number of benzene rings is 2. The van der Waals surface area contributed by atoms with Gasteiger partial charge in [0.2, 0.25) is 10.0 Å². The fourth-order valence-corrected chi connectivity index (χ4v) is 7.08.